The Balaban J connectivity index is 1.17. The number of hydrogen-bond donors (Lipinski definition) is 1. The summed E-state index contributed by atoms with van der Waals surface area (Å²) < 4.78 is 15.3. The number of aromatic nitrogens is 1. The molecule has 2 aliphatic heterocycles. The predicted octanol–water partition coefficient (Wildman–Crippen LogP) is 5.81. The van der Waals surface area contributed by atoms with E-state index in [1.807, 2.05) is 29.4 Å². The SMILES string of the molecule is O=C(NC1CCCc2cc(F)c(C(=O)N3CCC4(CCN(c5ccncc5)CC4)C3)cc21)c1ccccc1Cl. The van der Waals surface area contributed by atoms with Crippen LogP contribution in [0.15, 0.2) is 60.9 Å². The van der Waals surface area contributed by atoms with Gasteiger partial charge in [-0.3, -0.25) is 14.6 Å². The number of carbonyl (C=O) groups is 2. The number of amides is 2. The molecule has 3 aromatic rings. The summed E-state index contributed by atoms with van der Waals surface area (Å²) in [6.07, 6.45) is 8.85. The van der Waals surface area contributed by atoms with Crippen LogP contribution >= 0.6 is 11.6 Å². The molecular formula is C31H32ClFN4O2. The average molecular weight is 547 g/mol. The summed E-state index contributed by atoms with van der Waals surface area (Å²) in [5.74, 6) is -1.01. The molecule has 6 rings (SSSR count). The van der Waals surface area contributed by atoms with Gasteiger partial charge in [-0.2, -0.15) is 0 Å². The van der Waals surface area contributed by atoms with Crippen molar-refractivity contribution in [2.45, 2.75) is 44.6 Å². The molecule has 1 N–H and O–H groups in total. The van der Waals surface area contributed by atoms with Gasteiger partial charge in [0.1, 0.15) is 5.82 Å². The Morgan fingerprint density at radius 2 is 1.74 bits per heavy atom. The van der Waals surface area contributed by atoms with E-state index in [0.29, 0.717) is 23.7 Å². The van der Waals surface area contributed by atoms with Crippen LogP contribution < -0.4 is 10.2 Å². The molecule has 0 bridgehead atoms. The monoisotopic (exact) mass is 546 g/mol. The second kappa shape index (κ2) is 10.6. The summed E-state index contributed by atoms with van der Waals surface area (Å²) in [7, 11) is 0. The van der Waals surface area contributed by atoms with Gasteiger partial charge in [0, 0.05) is 44.3 Å². The van der Waals surface area contributed by atoms with Gasteiger partial charge in [-0.15, -0.1) is 0 Å². The number of piperidine rings is 1. The first-order valence-corrected chi connectivity index (χ1v) is 14.1. The fourth-order valence-corrected chi connectivity index (χ4v) is 6.72. The van der Waals surface area contributed by atoms with Crippen LogP contribution in [0, 0.1) is 11.2 Å². The number of nitrogens with one attached hydrogen (secondary N) is 1. The zero-order valence-corrected chi connectivity index (χ0v) is 22.6. The van der Waals surface area contributed by atoms with Gasteiger partial charge in [0.15, 0.2) is 0 Å². The molecule has 8 heteroatoms. The van der Waals surface area contributed by atoms with Crippen LogP contribution in [0.3, 0.4) is 0 Å². The van der Waals surface area contributed by atoms with E-state index in [-0.39, 0.29) is 28.8 Å². The minimum absolute atomic E-state index is 0.0787. The Labute approximate surface area is 233 Å². The lowest BCUT2D eigenvalue weighted by Gasteiger charge is -2.40. The highest BCUT2D eigenvalue weighted by atomic mass is 35.5. The maximum absolute atomic E-state index is 15.3. The van der Waals surface area contributed by atoms with E-state index < -0.39 is 5.82 Å². The van der Waals surface area contributed by atoms with Gasteiger partial charge in [0.05, 0.1) is 22.2 Å². The molecule has 39 heavy (non-hydrogen) atoms. The van der Waals surface area contributed by atoms with E-state index in [4.69, 9.17) is 11.6 Å². The Hall–Kier alpha value is -3.45. The Bertz CT molecular complexity index is 1390. The number of benzene rings is 2. The molecule has 1 unspecified atom stereocenters. The molecule has 202 valence electrons. The second-order valence-corrected chi connectivity index (χ2v) is 11.5. The molecule has 2 fully saturated rings. The zero-order chi connectivity index (χ0) is 27.0. The van der Waals surface area contributed by atoms with E-state index in [1.54, 1.807) is 30.3 Å². The van der Waals surface area contributed by atoms with E-state index in [9.17, 15) is 9.59 Å². The van der Waals surface area contributed by atoms with Crippen molar-refractivity contribution >= 4 is 29.1 Å². The first-order chi connectivity index (χ1) is 18.9. The van der Waals surface area contributed by atoms with E-state index in [0.717, 1.165) is 62.7 Å². The molecule has 3 heterocycles. The quantitative estimate of drug-likeness (QED) is 0.448. The third-order valence-corrected chi connectivity index (χ3v) is 9.10. The van der Waals surface area contributed by atoms with E-state index in [1.165, 1.54) is 11.8 Å². The summed E-state index contributed by atoms with van der Waals surface area (Å²) in [5.41, 5.74) is 3.43. The normalized spacial score (nSPS) is 20.1. The van der Waals surface area contributed by atoms with Gasteiger partial charge in [0.2, 0.25) is 0 Å². The summed E-state index contributed by atoms with van der Waals surface area (Å²) in [5, 5.41) is 3.46. The fraction of sp³-hybridized carbons (Fsp3) is 0.387. The number of anilines is 1. The van der Waals surface area contributed by atoms with Gasteiger partial charge < -0.3 is 15.1 Å². The van der Waals surface area contributed by atoms with Gasteiger partial charge in [-0.1, -0.05) is 23.7 Å². The maximum Gasteiger partial charge on any atom is 0.256 e. The van der Waals surface area contributed by atoms with Crippen LogP contribution in [0.25, 0.3) is 0 Å². The van der Waals surface area contributed by atoms with Crippen molar-refractivity contribution in [3.63, 3.8) is 0 Å². The lowest BCUT2D eigenvalue weighted by Crippen LogP contribution is -2.42. The number of pyridine rings is 1. The molecule has 3 aliphatic rings. The van der Waals surface area contributed by atoms with Crippen LogP contribution in [0.2, 0.25) is 5.02 Å². The van der Waals surface area contributed by atoms with Crippen molar-refractivity contribution < 1.29 is 14.0 Å². The van der Waals surface area contributed by atoms with Gasteiger partial charge >= 0.3 is 0 Å². The Morgan fingerprint density at radius 1 is 1.00 bits per heavy atom. The fourth-order valence-electron chi connectivity index (χ4n) is 6.50. The van der Waals surface area contributed by atoms with Crippen LogP contribution in [-0.4, -0.2) is 47.9 Å². The number of hydrogen-bond acceptors (Lipinski definition) is 4. The van der Waals surface area contributed by atoms with Crippen LogP contribution in [0.1, 0.15) is 70.0 Å². The summed E-state index contributed by atoms with van der Waals surface area (Å²) in [6, 6.07) is 13.9. The smallest absolute Gasteiger partial charge is 0.256 e. The van der Waals surface area contributed by atoms with Gasteiger partial charge in [-0.05, 0) is 91.5 Å². The molecule has 2 amide bonds. The molecule has 1 atom stereocenters. The Morgan fingerprint density at radius 3 is 2.51 bits per heavy atom. The lowest BCUT2D eigenvalue weighted by molar-refractivity contribution is 0.0759. The molecular weight excluding hydrogens is 515 g/mol. The van der Waals surface area contributed by atoms with Crippen molar-refractivity contribution in [2.75, 3.05) is 31.1 Å². The van der Waals surface area contributed by atoms with Gasteiger partial charge in [0.25, 0.3) is 11.8 Å². The molecule has 6 nitrogen and oxygen atoms in total. The summed E-state index contributed by atoms with van der Waals surface area (Å²) in [4.78, 5) is 34.9. The second-order valence-electron chi connectivity index (χ2n) is 11.1. The number of fused-ring (bicyclic) bond motifs is 1. The maximum atomic E-state index is 15.3. The molecule has 0 saturated carbocycles. The third-order valence-electron chi connectivity index (χ3n) is 8.77. The van der Waals surface area contributed by atoms with Crippen molar-refractivity contribution in [3.8, 4) is 0 Å². The highest BCUT2D eigenvalue weighted by Crippen LogP contribution is 2.42. The van der Waals surface area contributed by atoms with Gasteiger partial charge in [-0.25, -0.2) is 4.39 Å². The van der Waals surface area contributed by atoms with Crippen molar-refractivity contribution in [1.29, 1.82) is 0 Å². The highest BCUT2D eigenvalue weighted by molar-refractivity contribution is 6.33. The zero-order valence-electron chi connectivity index (χ0n) is 21.8. The molecule has 1 spiro atoms. The van der Waals surface area contributed by atoms with Crippen LogP contribution in [0.5, 0.6) is 0 Å². The molecule has 1 aromatic heterocycles. The highest BCUT2D eigenvalue weighted by Gasteiger charge is 2.42. The number of likely N-dealkylation sites (tertiary alicyclic amines) is 1. The minimum atomic E-state index is -0.481. The first-order valence-electron chi connectivity index (χ1n) is 13.7. The van der Waals surface area contributed by atoms with E-state index >= 15 is 4.39 Å². The van der Waals surface area contributed by atoms with Crippen molar-refractivity contribution in [2.24, 2.45) is 5.41 Å². The number of rotatable bonds is 4. The van der Waals surface area contributed by atoms with E-state index in [2.05, 4.69) is 15.2 Å². The summed E-state index contributed by atoms with van der Waals surface area (Å²) in [6.45, 7) is 3.16. The molecule has 0 radical (unpaired) electrons. The molecule has 2 saturated heterocycles. The molecule has 2 aromatic carbocycles. The topological polar surface area (TPSA) is 65.5 Å². The largest absolute Gasteiger partial charge is 0.371 e. The van der Waals surface area contributed by atoms with Crippen molar-refractivity contribution in [3.05, 3.63) is 94.0 Å². The first kappa shape index (κ1) is 25.8. The summed E-state index contributed by atoms with van der Waals surface area (Å²) >= 11 is 6.23. The lowest BCUT2D eigenvalue weighted by atomic mass is 9.77. The molecule has 1 aliphatic carbocycles. The minimum Gasteiger partial charge on any atom is -0.371 e. The standard InChI is InChI=1S/C31H32ClFN4O2/c32-26-6-2-1-5-23(26)29(38)35-28-7-3-4-21-18-27(33)25(19-24(21)28)30(39)37-17-12-31(20-37)10-15-36(16-11-31)22-8-13-34-14-9-22/h1-2,5-6,8-9,13-14,18-19,28H,3-4,7,10-12,15-17,20H2,(H,35,38). The number of halogens is 2. The predicted molar refractivity (Wildman–Crippen MR) is 150 cm³/mol. The average Bonchev–Trinajstić information content (AvgIpc) is 3.37. The number of aryl methyl sites for hydroxylation is 1. The van der Waals surface area contributed by atoms with Crippen molar-refractivity contribution in [1.82, 2.24) is 15.2 Å². The number of carbonyl (C=O) groups excluding carboxylic acids is 2. The third kappa shape index (κ3) is 5.12. The van der Waals surface area contributed by atoms with Crippen LogP contribution in [-0.2, 0) is 6.42 Å². The van der Waals surface area contributed by atoms with Crippen LogP contribution in [0.4, 0.5) is 10.1 Å². The number of nitrogens with zero attached hydrogens (tertiary/aromatic N) is 3. The Kier molecular flexibility index (Phi) is 7.02.